The molecule has 5 heteroatoms. The van der Waals surface area contributed by atoms with Crippen molar-refractivity contribution >= 4 is 5.91 Å². The van der Waals surface area contributed by atoms with Crippen LogP contribution in [0.3, 0.4) is 0 Å². The van der Waals surface area contributed by atoms with E-state index in [1.807, 2.05) is 0 Å². The number of aliphatic hydroxyl groups excluding tert-OH is 3. The minimum atomic E-state index is -1.13. The molecule has 0 saturated heterocycles. The molecule has 0 aromatic rings. The maximum Gasteiger partial charge on any atom is 0.220 e. The summed E-state index contributed by atoms with van der Waals surface area (Å²) in [6.07, 6.45) is 51.9. The third kappa shape index (κ3) is 39.1. The molecule has 0 aliphatic carbocycles. The summed E-state index contributed by atoms with van der Waals surface area (Å²) >= 11 is 0. The van der Waals surface area contributed by atoms with Crippen LogP contribution in [0.1, 0.15) is 264 Å². The van der Waals surface area contributed by atoms with E-state index in [2.05, 4.69) is 31.3 Å². The van der Waals surface area contributed by atoms with E-state index in [1.165, 1.54) is 205 Å². The molecule has 0 aliphatic heterocycles. The van der Waals surface area contributed by atoms with Gasteiger partial charge in [-0.2, -0.15) is 0 Å². The summed E-state index contributed by atoms with van der Waals surface area (Å²) in [5.41, 5.74) is 0. The largest absolute Gasteiger partial charge is 0.394 e. The molecule has 1 amide bonds. The van der Waals surface area contributed by atoms with Crippen LogP contribution in [-0.2, 0) is 4.79 Å². The van der Waals surface area contributed by atoms with Crippen LogP contribution in [0.5, 0.6) is 0 Å². The van der Waals surface area contributed by atoms with Crippen LogP contribution < -0.4 is 5.32 Å². The zero-order chi connectivity index (χ0) is 38.7. The molecule has 3 atom stereocenters. The van der Waals surface area contributed by atoms with E-state index in [0.717, 1.165) is 32.1 Å². The summed E-state index contributed by atoms with van der Waals surface area (Å²) in [5, 5.41) is 33.6. The average Bonchev–Trinajstić information content (AvgIpc) is 3.16. The second-order valence-electron chi connectivity index (χ2n) is 16.7. The van der Waals surface area contributed by atoms with Gasteiger partial charge < -0.3 is 20.6 Å². The van der Waals surface area contributed by atoms with Crippen LogP contribution >= 0.6 is 0 Å². The fourth-order valence-electron chi connectivity index (χ4n) is 7.63. The van der Waals surface area contributed by atoms with Gasteiger partial charge in [0.15, 0.2) is 0 Å². The lowest BCUT2D eigenvalue weighted by atomic mass is 9.99. The highest BCUT2D eigenvalue weighted by Gasteiger charge is 2.26. The van der Waals surface area contributed by atoms with Crippen LogP contribution in [0.15, 0.2) is 12.2 Å². The van der Waals surface area contributed by atoms with Gasteiger partial charge in [0.05, 0.1) is 18.8 Å². The Bertz CT molecular complexity index is 743. The lowest BCUT2D eigenvalue weighted by Crippen LogP contribution is -2.50. The Kier molecular flexibility index (Phi) is 43.1. The molecule has 3 unspecified atom stereocenters. The maximum atomic E-state index is 12.4. The summed E-state index contributed by atoms with van der Waals surface area (Å²) in [6, 6.07) is -0.808. The van der Waals surface area contributed by atoms with Gasteiger partial charge in [0.2, 0.25) is 5.91 Å². The van der Waals surface area contributed by atoms with Gasteiger partial charge in [0, 0.05) is 6.42 Å². The third-order valence-corrected chi connectivity index (χ3v) is 11.4. The normalized spacial score (nSPS) is 13.5. The fourth-order valence-corrected chi connectivity index (χ4v) is 7.63. The molecule has 53 heavy (non-hydrogen) atoms. The molecule has 4 N–H and O–H groups in total. The molecule has 0 heterocycles. The quantitative estimate of drug-likeness (QED) is 0.0369. The minimum absolute atomic E-state index is 0.147. The summed E-state index contributed by atoms with van der Waals surface area (Å²) < 4.78 is 0. The predicted octanol–water partition coefficient (Wildman–Crippen LogP) is 14.0. The first-order valence-electron chi connectivity index (χ1n) is 24.0. The first-order valence-corrected chi connectivity index (χ1v) is 24.0. The van der Waals surface area contributed by atoms with E-state index in [-0.39, 0.29) is 12.5 Å². The molecule has 0 aromatic heterocycles. The van der Waals surface area contributed by atoms with Crippen molar-refractivity contribution in [1.82, 2.24) is 5.32 Å². The fraction of sp³-hybridized carbons (Fsp3) is 0.938. The predicted molar refractivity (Wildman–Crippen MR) is 232 cm³/mol. The molecule has 0 saturated carbocycles. The first kappa shape index (κ1) is 52.1. The highest BCUT2D eigenvalue weighted by Crippen LogP contribution is 2.17. The number of carbonyl (C=O) groups excluding carboxylic acids is 1. The topological polar surface area (TPSA) is 89.8 Å². The average molecular weight is 750 g/mol. The Morgan fingerprint density at radius 3 is 1.11 bits per heavy atom. The van der Waals surface area contributed by atoms with Gasteiger partial charge in [-0.1, -0.05) is 231 Å². The van der Waals surface area contributed by atoms with Gasteiger partial charge in [-0.3, -0.25) is 4.79 Å². The molecule has 0 bridgehead atoms. The number of amides is 1. The molecule has 316 valence electrons. The van der Waals surface area contributed by atoms with E-state index < -0.39 is 18.2 Å². The van der Waals surface area contributed by atoms with Gasteiger partial charge in [-0.25, -0.2) is 0 Å². The zero-order valence-corrected chi connectivity index (χ0v) is 35.9. The van der Waals surface area contributed by atoms with E-state index in [0.29, 0.717) is 12.8 Å². The van der Waals surface area contributed by atoms with Crippen molar-refractivity contribution in [2.24, 2.45) is 0 Å². The molecule has 0 fully saturated rings. The van der Waals surface area contributed by atoms with Gasteiger partial charge in [0.1, 0.15) is 6.10 Å². The van der Waals surface area contributed by atoms with Gasteiger partial charge in [-0.05, 0) is 38.5 Å². The first-order chi connectivity index (χ1) is 26.1. The zero-order valence-electron chi connectivity index (χ0n) is 35.9. The Balaban J connectivity index is 3.55. The van der Waals surface area contributed by atoms with Crippen molar-refractivity contribution in [2.75, 3.05) is 6.61 Å². The molecule has 0 aromatic carbocycles. The van der Waals surface area contributed by atoms with E-state index in [4.69, 9.17) is 0 Å². The van der Waals surface area contributed by atoms with E-state index >= 15 is 0 Å². The lowest BCUT2D eigenvalue weighted by Gasteiger charge is -2.26. The van der Waals surface area contributed by atoms with Crippen molar-refractivity contribution in [3.63, 3.8) is 0 Å². The van der Waals surface area contributed by atoms with Crippen LogP contribution in [0, 0.1) is 0 Å². The van der Waals surface area contributed by atoms with Crippen molar-refractivity contribution in [3.8, 4) is 0 Å². The summed E-state index contributed by atoms with van der Waals surface area (Å²) in [4.78, 5) is 12.4. The van der Waals surface area contributed by atoms with Crippen molar-refractivity contribution in [2.45, 2.75) is 283 Å². The Hall–Kier alpha value is -0.910. The Labute approximate surface area is 331 Å². The standard InChI is InChI=1S/C48H95NO4/c1-3-5-7-9-11-13-15-17-19-20-21-22-23-24-25-26-27-29-30-32-34-36-38-40-42-46(51)48(53)45(44-50)49-47(52)43-41-39-37-35-33-31-28-18-16-14-12-10-8-6-4-2/h14,16,45-46,48,50-51,53H,3-13,15,17-44H2,1-2H3,(H,49,52)/b16-14-. The van der Waals surface area contributed by atoms with Crippen LogP contribution in [0.2, 0.25) is 0 Å². The van der Waals surface area contributed by atoms with Gasteiger partial charge >= 0.3 is 0 Å². The maximum absolute atomic E-state index is 12.4. The number of unbranched alkanes of at least 4 members (excludes halogenated alkanes) is 34. The molecular formula is C48H95NO4. The second kappa shape index (κ2) is 43.8. The minimum Gasteiger partial charge on any atom is -0.394 e. The summed E-state index contributed by atoms with van der Waals surface area (Å²) in [6.45, 7) is 4.18. The van der Waals surface area contributed by atoms with Gasteiger partial charge in [0.25, 0.3) is 0 Å². The summed E-state index contributed by atoms with van der Waals surface area (Å²) in [7, 11) is 0. The molecule has 0 radical (unpaired) electrons. The SMILES string of the molecule is CCCCCC/C=C\CCCCCCCCCC(=O)NC(CO)C(O)C(O)CCCCCCCCCCCCCCCCCCCCCCCCCC. The number of rotatable bonds is 44. The summed E-state index contributed by atoms with van der Waals surface area (Å²) in [5.74, 6) is -0.147. The number of hydrogen-bond acceptors (Lipinski definition) is 4. The molecule has 0 aliphatic rings. The van der Waals surface area contributed by atoms with E-state index in [1.54, 1.807) is 0 Å². The smallest absolute Gasteiger partial charge is 0.220 e. The highest BCUT2D eigenvalue weighted by atomic mass is 16.3. The number of nitrogens with one attached hydrogen (secondary N) is 1. The van der Waals surface area contributed by atoms with Crippen LogP contribution in [-0.4, -0.2) is 46.1 Å². The van der Waals surface area contributed by atoms with Crippen LogP contribution in [0.4, 0.5) is 0 Å². The van der Waals surface area contributed by atoms with Gasteiger partial charge in [-0.15, -0.1) is 0 Å². The Morgan fingerprint density at radius 1 is 0.453 bits per heavy atom. The van der Waals surface area contributed by atoms with Crippen LogP contribution in [0.25, 0.3) is 0 Å². The van der Waals surface area contributed by atoms with Crippen molar-refractivity contribution < 1.29 is 20.1 Å². The third-order valence-electron chi connectivity index (χ3n) is 11.4. The second-order valence-corrected chi connectivity index (χ2v) is 16.7. The lowest BCUT2D eigenvalue weighted by molar-refractivity contribution is -0.124. The Morgan fingerprint density at radius 2 is 0.755 bits per heavy atom. The number of carbonyl (C=O) groups is 1. The highest BCUT2D eigenvalue weighted by molar-refractivity contribution is 5.76. The van der Waals surface area contributed by atoms with E-state index in [9.17, 15) is 20.1 Å². The molecular weight excluding hydrogens is 655 g/mol. The number of aliphatic hydroxyl groups is 3. The van der Waals surface area contributed by atoms with Crippen molar-refractivity contribution in [1.29, 1.82) is 0 Å². The van der Waals surface area contributed by atoms with Crippen molar-refractivity contribution in [3.05, 3.63) is 12.2 Å². The number of hydrogen-bond donors (Lipinski definition) is 4. The molecule has 0 rings (SSSR count). The molecule has 0 spiro atoms. The monoisotopic (exact) mass is 750 g/mol. The number of allylic oxidation sites excluding steroid dienone is 2. The molecule has 5 nitrogen and oxygen atoms in total.